The zero-order valence-electron chi connectivity index (χ0n) is 18.6. The predicted molar refractivity (Wildman–Crippen MR) is 127 cm³/mol. The third-order valence-corrected chi connectivity index (χ3v) is 8.13. The molecule has 9 heteroatoms. The Kier molecular flexibility index (Phi) is 6.22. The van der Waals surface area contributed by atoms with Crippen LogP contribution in [-0.4, -0.2) is 43.8 Å². The van der Waals surface area contributed by atoms with Gasteiger partial charge in [0.25, 0.3) is 0 Å². The molecule has 0 bridgehead atoms. The molecule has 0 radical (unpaired) electrons. The van der Waals surface area contributed by atoms with Crippen LogP contribution in [0.4, 0.5) is 8.78 Å². The summed E-state index contributed by atoms with van der Waals surface area (Å²) in [7, 11) is -3.77. The number of hydrogen-bond donors (Lipinski definition) is 0. The molecule has 0 aliphatic carbocycles. The average Bonchev–Trinajstić information content (AvgIpc) is 2.86. The Morgan fingerprint density at radius 3 is 1.89 bits per heavy atom. The molecular weight excluding hydrogens is 474 g/mol. The normalized spacial score (nSPS) is 15.6. The van der Waals surface area contributed by atoms with Crippen molar-refractivity contribution in [3.8, 4) is 0 Å². The number of sulfonamides is 1. The standard InChI is InChI=1S/C26H22F2N2O4S/c27-21-6-1-18(2-7-21)26(19-3-8-22(28)9-4-19)29-13-15-30(16-14-29)35(32,33)23-10-11-24-20(17-23)5-12-25(31)34-24/h1-12,17,26H,13-16H2. The zero-order valence-corrected chi connectivity index (χ0v) is 19.4. The molecule has 1 aliphatic rings. The van der Waals surface area contributed by atoms with Crippen molar-refractivity contribution < 1.29 is 21.6 Å². The Hall–Kier alpha value is -3.40. The van der Waals surface area contributed by atoms with Gasteiger partial charge in [-0.2, -0.15) is 4.31 Å². The van der Waals surface area contributed by atoms with Gasteiger partial charge < -0.3 is 4.42 Å². The van der Waals surface area contributed by atoms with Crippen molar-refractivity contribution in [3.05, 3.63) is 112 Å². The molecule has 1 saturated heterocycles. The minimum atomic E-state index is -3.77. The molecule has 1 aliphatic heterocycles. The number of piperazine rings is 1. The predicted octanol–water partition coefficient (Wildman–Crippen LogP) is 4.17. The SMILES string of the molecule is O=c1ccc2cc(S(=O)(=O)N3CCN(C(c4ccc(F)cc4)c4ccc(F)cc4)CC3)ccc2o1. The molecule has 4 aromatic rings. The van der Waals surface area contributed by atoms with Gasteiger partial charge in [-0.25, -0.2) is 22.0 Å². The molecule has 3 aromatic carbocycles. The Morgan fingerprint density at radius 2 is 1.31 bits per heavy atom. The topological polar surface area (TPSA) is 70.8 Å². The quantitative estimate of drug-likeness (QED) is 0.388. The van der Waals surface area contributed by atoms with Crippen molar-refractivity contribution in [2.24, 2.45) is 0 Å². The molecule has 6 nitrogen and oxygen atoms in total. The largest absolute Gasteiger partial charge is 0.423 e. The van der Waals surface area contributed by atoms with E-state index in [4.69, 9.17) is 4.42 Å². The van der Waals surface area contributed by atoms with E-state index >= 15 is 0 Å². The van der Waals surface area contributed by atoms with Gasteiger partial charge in [0.15, 0.2) is 0 Å². The van der Waals surface area contributed by atoms with E-state index in [-0.39, 0.29) is 35.7 Å². The van der Waals surface area contributed by atoms with Crippen LogP contribution in [0.3, 0.4) is 0 Å². The van der Waals surface area contributed by atoms with Gasteiger partial charge in [-0.05, 0) is 59.7 Å². The van der Waals surface area contributed by atoms with E-state index in [0.717, 1.165) is 11.1 Å². The van der Waals surface area contributed by atoms with Crippen molar-refractivity contribution in [3.63, 3.8) is 0 Å². The number of hydrogen-bond acceptors (Lipinski definition) is 5. The van der Waals surface area contributed by atoms with Crippen LogP contribution in [0, 0.1) is 11.6 Å². The van der Waals surface area contributed by atoms with Crippen molar-refractivity contribution in [1.82, 2.24) is 9.21 Å². The minimum absolute atomic E-state index is 0.126. The fraction of sp³-hybridized carbons (Fsp3) is 0.192. The van der Waals surface area contributed by atoms with Crippen LogP contribution in [-0.2, 0) is 10.0 Å². The second-order valence-corrected chi connectivity index (χ2v) is 10.3. The summed E-state index contributed by atoms with van der Waals surface area (Å²) in [6.07, 6.45) is 0. The molecule has 0 amide bonds. The number of nitrogens with zero attached hydrogens (tertiary/aromatic N) is 2. The first-order chi connectivity index (χ1) is 16.8. The van der Waals surface area contributed by atoms with Crippen LogP contribution in [0.15, 0.2) is 93.0 Å². The minimum Gasteiger partial charge on any atom is -0.423 e. The van der Waals surface area contributed by atoms with E-state index < -0.39 is 15.6 Å². The fourth-order valence-electron chi connectivity index (χ4n) is 4.47. The lowest BCUT2D eigenvalue weighted by Crippen LogP contribution is -2.49. The lowest BCUT2D eigenvalue weighted by atomic mass is 9.96. The first-order valence-electron chi connectivity index (χ1n) is 11.1. The van der Waals surface area contributed by atoms with Crippen LogP contribution < -0.4 is 5.63 Å². The van der Waals surface area contributed by atoms with Crippen LogP contribution in [0.1, 0.15) is 17.2 Å². The summed E-state index contributed by atoms with van der Waals surface area (Å²) in [5.41, 5.74) is 1.50. The van der Waals surface area contributed by atoms with Gasteiger partial charge in [0.05, 0.1) is 10.9 Å². The summed E-state index contributed by atoms with van der Waals surface area (Å²) in [6, 6.07) is 19.2. The second kappa shape index (κ2) is 9.33. The molecule has 0 unspecified atom stereocenters. The Morgan fingerprint density at radius 1 is 0.743 bits per heavy atom. The highest BCUT2D eigenvalue weighted by Gasteiger charge is 2.32. The highest BCUT2D eigenvalue weighted by atomic mass is 32.2. The van der Waals surface area contributed by atoms with Crippen LogP contribution in [0.5, 0.6) is 0 Å². The maximum Gasteiger partial charge on any atom is 0.336 e. The van der Waals surface area contributed by atoms with E-state index in [9.17, 15) is 22.0 Å². The van der Waals surface area contributed by atoms with Gasteiger partial charge in [-0.15, -0.1) is 0 Å². The van der Waals surface area contributed by atoms with Gasteiger partial charge in [0, 0.05) is 37.6 Å². The van der Waals surface area contributed by atoms with E-state index in [0.29, 0.717) is 24.1 Å². The Bertz CT molecular complexity index is 1470. The number of rotatable bonds is 5. The van der Waals surface area contributed by atoms with E-state index in [1.165, 1.54) is 58.9 Å². The lowest BCUT2D eigenvalue weighted by Gasteiger charge is -2.39. The molecule has 0 spiro atoms. The molecule has 1 fully saturated rings. The fourth-order valence-corrected chi connectivity index (χ4v) is 5.92. The highest BCUT2D eigenvalue weighted by Crippen LogP contribution is 2.31. The van der Waals surface area contributed by atoms with E-state index in [1.54, 1.807) is 24.3 Å². The first-order valence-corrected chi connectivity index (χ1v) is 12.5. The molecule has 180 valence electrons. The maximum absolute atomic E-state index is 13.6. The summed E-state index contributed by atoms with van der Waals surface area (Å²) < 4.78 is 60.3. The molecular formula is C26H22F2N2O4S. The second-order valence-electron chi connectivity index (χ2n) is 8.40. The monoisotopic (exact) mass is 496 g/mol. The average molecular weight is 497 g/mol. The Labute approximate surface area is 201 Å². The van der Waals surface area contributed by atoms with Gasteiger partial charge in [-0.1, -0.05) is 24.3 Å². The zero-order chi connectivity index (χ0) is 24.6. The van der Waals surface area contributed by atoms with E-state index in [2.05, 4.69) is 4.90 Å². The Balaban J connectivity index is 1.39. The van der Waals surface area contributed by atoms with Crippen LogP contribution >= 0.6 is 0 Å². The number of benzene rings is 3. The molecule has 0 atom stereocenters. The molecule has 5 rings (SSSR count). The molecule has 0 N–H and O–H groups in total. The summed E-state index contributed by atoms with van der Waals surface area (Å²) in [6.45, 7) is 1.37. The van der Waals surface area contributed by atoms with Crippen molar-refractivity contribution in [1.29, 1.82) is 0 Å². The highest BCUT2D eigenvalue weighted by molar-refractivity contribution is 7.89. The smallest absolute Gasteiger partial charge is 0.336 e. The maximum atomic E-state index is 13.6. The summed E-state index contributed by atoms with van der Waals surface area (Å²) in [5, 5.41) is 0.525. The van der Waals surface area contributed by atoms with Gasteiger partial charge >= 0.3 is 5.63 Å². The number of halogens is 2. The lowest BCUT2D eigenvalue weighted by molar-refractivity contribution is 0.155. The van der Waals surface area contributed by atoms with Gasteiger partial charge in [0.1, 0.15) is 17.2 Å². The van der Waals surface area contributed by atoms with E-state index in [1.807, 2.05) is 0 Å². The van der Waals surface area contributed by atoms with Gasteiger partial charge in [0.2, 0.25) is 10.0 Å². The third-order valence-electron chi connectivity index (χ3n) is 6.24. The molecule has 0 saturated carbocycles. The molecule has 35 heavy (non-hydrogen) atoms. The first kappa shape index (κ1) is 23.3. The van der Waals surface area contributed by atoms with Crippen molar-refractivity contribution in [2.75, 3.05) is 26.2 Å². The summed E-state index contributed by atoms with van der Waals surface area (Å²) in [4.78, 5) is 13.6. The summed E-state index contributed by atoms with van der Waals surface area (Å²) >= 11 is 0. The number of fused-ring (bicyclic) bond motifs is 1. The van der Waals surface area contributed by atoms with Crippen molar-refractivity contribution in [2.45, 2.75) is 10.9 Å². The van der Waals surface area contributed by atoms with Crippen molar-refractivity contribution >= 4 is 21.0 Å². The van der Waals surface area contributed by atoms with Crippen LogP contribution in [0.25, 0.3) is 11.0 Å². The molecule has 2 heterocycles. The van der Waals surface area contributed by atoms with Gasteiger partial charge in [-0.3, -0.25) is 4.90 Å². The summed E-state index contributed by atoms with van der Waals surface area (Å²) in [5.74, 6) is -0.700. The van der Waals surface area contributed by atoms with Crippen LogP contribution in [0.2, 0.25) is 0 Å². The molecule has 1 aromatic heterocycles. The third kappa shape index (κ3) is 4.75.